The second-order valence-electron chi connectivity index (χ2n) is 3.99. The summed E-state index contributed by atoms with van der Waals surface area (Å²) in [5.41, 5.74) is 4.21. The van der Waals surface area contributed by atoms with E-state index in [1.807, 2.05) is 0 Å². The zero-order valence-corrected chi connectivity index (χ0v) is 12.8. The molecule has 0 spiro atoms. The minimum Gasteiger partial charge on any atom is -0.397 e. The Kier molecular flexibility index (Phi) is 4.83. The average molecular weight is 328 g/mol. The van der Waals surface area contributed by atoms with E-state index >= 15 is 0 Å². The van der Waals surface area contributed by atoms with Crippen molar-refractivity contribution in [3.05, 3.63) is 22.3 Å². The van der Waals surface area contributed by atoms with Gasteiger partial charge in [-0.15, -0.1) is 11.3 Å². The van der Waals surface area contributed by atoms with Crippen LogP contribution in [0.3, 0.4) is 0 Å². The normalized spacial score (nSPS) is 10.2. The Morgan fingerprint density at radius 3 is 2.86 bits per heavy atom. The first-order valence-corrected chi connectivity index (χ1v) is 7.50. The summed E-state index contributed by atoms with van der Waals surface area (Å²) in [7, 11) is 1.52. The first kappa shape index (κ1) is 15.4. The summed E-state index contributed by atoms with van der Waals surface area (Å²) in [4.78, 5) is 32.4. The van der Waals surface area contributed by atoms with E-state index in [0.29, 0.717) is 21.6 Å². The van der Waals surface area contributed by atoms with Gasteiger partial charge in [-0.25, -0.2) is 20.2 Å². The molecular formula is C11H12N4O4S2. The number of carbonyl (C=O) groups excluding carboxylic acids is 2. The minimum atomic E-state index is -0.588. The lowest BCUT2D eigenvalue weighted by Crippen LogP contribution is -2.29. The number of carbonyl (C=O) groups is 2. The van der Waals surface area contributed by atoms with Crippen LogP contribution in [0.1, 0.15) is 11.4 Å². The highest BCUT2D eigenvalue weighted by Gasteiger charge is 2.19. The Bertz CT molecular complexity index is 654. The van der Waals surface area contributed by atoms with Crippen LogP contribution >= 0.6 is 22.7 Å². The fourth-order valence-electron chi connectivity index (χ4n) is 1.35. The molecule has 2 rings (SSSR count). The van der Waals surface area contributed by atoms with Gasteiger partial charge >= 0.3 is 6.09 Å². The number of rotatable bonds is 4. The van der Waals surface area contributed by atoms with Crippen molar-refractivity contribution in [1.29, 1.82) is 0 Å². The highest BCUT2D eigenvalue weighted by atomic mass is 32.1. The Balaban J connectivity index is 2.02. The standard InChI is InChI=1S/C11H12N4O4S2/c1-6-9(21-5-12-6)19-11(17)15(2)10-13-7(4-20-10)3-8(16)14-18/h4-5,18H,3H2,1-2H3,(H,14,16). The molecule has 0 fully saturated rings. The molecule has 112 valence electrons. The van der Waals surface area contributed by atoms with Crippen LogP contribution in [0.2, 0.25) is 0 Å². The number of aromatic nitrogens is 2. The monoisotopic (exact) mass is 328 g/mol. The number of hydroxylamine groups is 1. The van der Waals surface area contributed by atoms with Gasteiger partial charge in [0.15, 0.2) is 5.13 Å². The van der Waals surface area contributed by atoms with Crippen LogP contribution in [0.25, 0.3) is 0 Å². The molecule has 8 nitrogen and oxygen atoms in total. The molecular weight excluding hydrogens is 316 g/mol. The smallest absolute Gasteiger partial charge is 0.397 e. The van der Waals surface area contributed by atoms with Crippen LogP contribution in [-0.4, -0.2) is 34.2 Å². The van der Waals surface area contributed by atoms with Crippen LogP contribution in [0, 0.1) is 6.92 Å². The predicted molar refractivity (Wildman–Crippen MR) is 77.0 cm³/mol. The van der Waals surface area contributed by atoms with Crippen molar-refractivity contribution in [2.45, 2.75) is 13.3 Å². The Hall–Kier alpha value is -2.04. The van der Waals surface area contributed by atoms with Gasteiger partial charge in [0, 0.05) is 12.4 Å². The van der Waals surface area contributed by atoms with Crippen LogP contribution in [-0.2, 0) is 11.2 Å². The third-order valence-corrected chi connectivity index (χ3v) is 4.22. The molecule has 0 saturated heterocycles. The van der Waals surface area contributed by atoms with E-state index in [4.69, 9.17) is 9.94 Å². The van der Waals surface area contributed by atoms with E-state index in [-0.39, 0.29) is 6.42 Å². The Labute approximate surface area is 128 Å². The Morgan fingerprint density at radius 2 is 2.24 bits per heavy atom. The number of anilines is 1. The number of nitrogens with one attached hydrogen (secondary N) is 1. The highest BCUT2D eigenvalue weighted by molar-refractivity contribution is 7.14. The summed E-state index contributed by atoms with van der Waals surface area (Å²) in [6.07, 6.45) is -0.654. The van der Waals surface area contributed by atoms with Gasteiger partial charge in [-0.2, -0.15) is 0 Å². The molecule has 0 aliphatic rings. The first-order valence-electron chi connectivity index (χ1n) is 5.74. The lowest BCUT2D eigenvalue weighted by atomic mass is 10.3. The largest absolute Gasteiger partial charge is 0.422 e. The number of aryl methyl sites for hydroxylation is 1. The molecule has 0 unspecified atom stereocenters. The molecule has 2 heterocycles. The third-order valence-electron chi connectivity index (χ3n) is 2.45. The SMILES string of the molecule is Cc1ncsc1OC(=O)N(C)c1nc(CC(=O)NO)cs1. The predicted octanol–water partition coefficient (Wildman–Crippen LogP) is 1.59. The molecule has 2 aromatic heterocycles. The fourth-order valence-corrected chi connectivity index (χ4v) is 2.78. The second-order valence-corrected chi connectivity index (χ2v) is 5.64. The second kappa shape index (κ2) is 6.61. The molecule has 2 N–H and O–H groups in total. The number of hydrogen-bond acceptors (Lipinski definition) is 8. The number of thiazole rings is 2. The summed E-state index contributed by atoms with van der Waals surface area (Å²) in [6, 6.07) is 0. The van der Waals surface area contributed by atoms with Crippen LogP contribution in [0.5, 0.6) is 5.06 Å². The van der Waals surface area contributed by atoms with E-state index < -0.39 is 12.0 Å². The molecule has 0 aliphatic heterocycles. The molecule has 0 atom stereocenters. The maximum absolute atomic E-state index is 12.0. The lowest BCUT2D eigenvalue weighted by Gasteiger charge is -2.12. The maximum Gasteiger partial charge on any atom is 0.422 e. The summed E-state index contributed by atoms with van der Waals surface area (Å²) in [6.45, 7) is 1.74. The fraction of sp³-hybridized carbons (Fsp3) is 0.273. The van der Waals surface area contributed by atoms with Crippen LogP contribution in [0.15, 0.2) is 10.9 Å². The third kappa shape index (κ3) is 3.74. The molecule has 21 heavy (non-hydrogen) atoms. The molecule has 2 aromatic rings. The van der Waals surface area contributed by atoms with Crippen LogP contribution < -0.4 is 15.1 Å². The highest BCUT2D eigenvalue weighted by Crippen LogP contribution is 2.25. The summed E-state index contributed by atoms with van der Waals surface area (Å²) in [5, 5.41) is 10.9. The van der Waals surface area contributed by atoms with Gasteiger partial charge in [0.05, 0.1) is 23.3 Å². The molecule has 0 radical (unpaired) electrons. The van der Waals surface area contributed by atoms with E-state index in [0.717, 1.165) is 0 Å². The molecule has 0 bridgehead atoms. The van der Waals surface area contributed by atoms with Crippen molar-refractivity contribution >= 4 is 39.8 Å². The van der Waals surface area contributed by atoms with E-state index in [1.54, 1.807) is 17.8 Å². The van der Waals surface area contributed by atoms with Gasteiger partial charge in [-0.1, -0.05) is 11.3 Å². The van der Waals surface area contributed by atoms with Crippen molar-refractivity contribution < 1.29 is 19.5 Å². The van der Waals surface area contributed by atoms with Crippen molar-refractivity contribution in [3.8, 4) is 5.06 Å². The van der Waals surface area contributed by atoms with Crippen molar-refractivity contribution in [2.24, 2.45) is 0 Å². The van der Waals surface area contributed by atoms with Gasteiger partial charge in [0.2, 0.25) is 11.0 Å². The zero-order chi connectivity index (χ0) is 15.4. The molecule has 2 amide bonds. The molecule has 0 saturated carbocycles. The molecule has 10 heteroatoms. The van der Waals surface area contributed by atoms with Gasteiger partial charge in [-0.3, -0.25) is 14.9 Å². The van der Waals surface area contributed by atoms with E-state index in [9.17, 15) is 9.59 Å². The number of amides is 2. The molecule has 0 aromatic carbocycles. The minimum absolute atomic E-state index is 0.0656. The summed E-state index contributed by atoms with van der Waals surface area (Å²) in [5.74, 6) is -0.572. The van der Waals surface area contributed by atoms with Gasteiger partial charge in [0.1, 0.15) is 0 Å². The maximum atomic E-state index is 12.0. The first-order chi connectivity index (χ1) is 10.0. The summed E-state index contributed by atoms with van der Waals surface area (Å²) < 4.78 is 5.20. The van der Waals surface area contributed by atoms with Crippen molar-refractivity contribution in [1.82, 2.24) is 15.4 Å². The molecule has 0 aliphatic carbocycles. The van der Waals surface area contributed by atoms with Crippen molar-refractivity contribution in [2.75, 3.05) is 11.9 Å². The Morgan fingerprint density at radius 1 is 1.48 bits per heavy atom. The topological polar surface area (TPSA) is 105 Å². The lowest BCUT2D eigenvalue weighted by molar-refractivity contribution is -0.128. The van der Waals surface area contributed by atoms with Gasteiger partial charge in [-0.05, 0) is 6.92 Å². The van der Waals surface area contributed by atoms with Crippen molar-refractivity contribution in [3.63, 3.8) is 0 Å². The van der Waals surface area contributed by atoms with Gasteiger partial charge < -0.3 is 4.74 Å². The number of ether oxygens (including phenoxy) is 1. The van der Waals surface area contributed by atoms with E-state index in [1.165, 1.54) is 40.1 Å². The van der Waals surface area contributed by atoms with Crippen LogP contribution in [0.4, 0.5) is 9.93 Å². The zero-order valence-electron chi connectivity index (χ0n) is 11.2. The number of hydrogen-bond donors (Lipinski definition) is 2. The number of nitrogens with zero attached hydrogens (tertiary/aromatic N) is 3. The average Bonchev–Trinajstić information content (AvgIpc) is 3.08. The van der Waals surface area contributed by atoms with Gasteiger partial charge in [0.25, 0.3) is 0 Å². The van der Waals surface area contributed by atoms with E-state index in [2.05, 4.69) is 9.97 Å². The quantitative estimate of drug-likeness (QED) is 0.652. The summed E-state index contributed by atoms with van der Waals surface area (Å²) >= 11 is 2.42.